The third-order valence-electron chi connectivity index (χ3n) is 4.24. The van der Waals surface area contributed by atoms with E-state index in [-0.39, 0.29) is 5.37 Å². The van der Waals surface area contributed by atoms with E-state index in [4.69, 9.17) is 4.74 Å². The SMILES string of the molecule is CCOc1ccc(-c2nnc3n2N[C@H](c2ccc(N(C)C)cc2)S3)cc1. The third-order valence-corrected chi connectivity index (χ3v) is 5.33. The lowest BCUT2D eigenvalue weighted by atomic mass is 10.2. The van der Waals surface area contributed by atoms with E-state index in [1.807, 2.05) is 50.0 Å². The number of thioether (sulfide) groups is 1. The molecule has 1 aromatic heterocycles. The number of anilines is 1. The minimum atomic E-state index is 0.123. The molecule has 1 aliphatic heterocycles. The highest BCUT2D eigenvalue weighted by atomic mass is 32.2. The molecule has 0 radical (unpaired) electrons. The van der Waals surface area contributed by atoms with E-state index < -0.39 is 0 Å². The Morgan fingerprint density at radius 1 is 1.08 bits per heavy atom. The first-order valence-corrected chi connectivity index (χ1v) is 9.43. The topological polar surface area (TPSA) is 55.2 Å². The first-order valence-electron chi connectivity index (χ1n) is 8.55. The van der Waals surface area contributed by atoms with Crippen molar-refractivity contribution in [2.75, 3.05) is 31.0 Å². The Morgan fingerprint density at radius 3 is 2.46 bits per heavy atom. The number of aromatic nitrogens is 3. The predicted octanol–water partition coefficient (Wildman–Crippen LogP) is 3.76. The van der Waals surface area contributed by atoms with Crippen LogP contribution in [0.25, 0.3) is 11.4 Å². The van der Waals surface area contributed by atoms with E-state index in [0.717, 1.165) is 22.3 Å². The summed E-state index contributed by atoms with van der Waals surface area (Å²) >= 11 is 1.67. The van der Waals surface area contributed by atoms with Gasteiger partial charge in [0.25, 0.3) is 0 Å². The van der Waals surface area contributed by atoms with Crippen LogP contribution in [0.2, 0.25) is 0 Å². The van der Waals surface area contributed by atoms with Gasteiger partial charge in [-0.1, -0.05) is 23.9 Å². The predicted molar refractivity (Wildman–Crippen MR) is 105 cm³/mol. The number of benzene rings is 2. The van der Waals surface area contributed by atoms with Crippen LogP contribution in [0.4, 0.5) is 5.69 Å². The number of hydrogen-bond donors (Lipinski definition) is 1. The Labute approximate surface area is 157 Å². The summed E-state index contributed by atoms with van der Waals surface area (Å²) in [6.07, 6.45) is 0. The molecule has 1 N–H and O–H groups in total. The molecule has 0 aliphatic carbocycles. The van der Waals surface area contributed by atoms with Crippen molar-refractivity contribution in [3.8, 4) is 17.1 Å². The van der Waals surface area contributed by atoms with Gasteiger partial charge in [-0.05, 0) is 48.9 Å². The number of nitrogens with zero attached hydrogens (tertiary/aromatic N) is 4. The molecule has 0 fully saturated rings. The lowest BCUT2D eigenvalue weighted by molar-refractivity contribution is 0.340. The highest BCUT2D eigenvalue weighted by Gasteiger charge is 2.28. The van der Waals surface area contributed by atoms with Crippen LogP contribution in [-0.2, 0) is 0 Å². The van der Waals surface area contributed by atoms with Crippen LogP contribution >= 0.6 is 11.8 Å². The smallest absolute Gasteiger partial charge is 0.212 e. The first-order chi connectivity index (χ1) is 12.7. The van der Waals surface area contributed by atoms with Gasteiger partial charge in [0.05, 0.1) is 6.61 Å². The Hall–Kier alpha value is -2.67. The molecule has 2 heterocycles. The van der Waals surface area contributed by atoms with Crippen molar-refractivity contribution in [3.63, 3.8) is 0 Å². The summed E-state index contributed by atoms with van der Waals surface area (Å²) < 4.78 is 7.47. The molecular weight excluding hydrogens is 346 g/mol. The van der Waals surface area contributed by atoms with Gasteiger partial charge in [-0.3, -0.25) is 0 Å². The molecule has 0 amide bonds. The third kappa shape index (κ3) is 3.10. The highest BCUT2D eigenvalue weighted by molar-refractivity contribution is 7.99. The van der Waals surface area contributed by atoms with E-state index in [1.165, 1.54) is 11.3 Å². The molecule has 6 nitrogen and oxygen atoms in total. The highest BCUT2D eigenvalue weighted by Crippen LogP contribution is 2.40. The van der Waals surface area contributed by atoms with E-state index in [9.17, 15) is 0 Å². The van der Waals surface area contributed by atoms with Gasteiger partial charge in [0.2, 0.25) is 5.16 Å². The zero-order valence-electron chi connectivity index (χ0n) is 15.0. The summed E-state index contributed by atoms with van der Waals surface area (Å²) in [6, 6.07) is 16.5. The molecule has 0 saturated carbocycles. The van der Waals surface area contributed by atoms with Gasteiger partial charge >= 0.3 is 0 Å². The fourth-order valence-electron chi connectivity index (χ4n) is 2.86. The fraction of sp³-hybridized carbons (Fsp3) is 0.263. The largest absolute Gasteiger partial charge is 0.494 e. The van der Waals surface area contributed by atoms with Gasteiger partial charge in [-0.15, -0.1) is 10.2 Å². The molecule has 0 unspecified atom stereocenters. The van der Waals surface area contributed by atoms with Crippen LogP contribution in [0.15, 0.2) is 53.7 Å². The van der Waals surface area contributed by atoms with Crippen LogP contribution in [0.3, 0.4) is 0 Å². The van der Waals surface area contributed by atoms with Crippen molar-refractivity contribution >= 4 is 17.4 Å². The Morgan fingerprint density at radius 2 is 1.81 bits per heavy atom. The van der Waals surface area contributed by atoms with E-state index in [0.29, 0.717) is 6.61 Å². The monoisotopic (exact) mass is 367 g/mol. The van der Waals surface area contributed by atoms with Crippen LogP contribution < -0.4 is 15.1 Å². The molecule has 2 aromatic carbocycles. The van der Waals surface area contributed by atoms with Gasteiger partial charge in [0.15, 0.2) is 5.82 Å². The van der Waals surface area contributed by atoms with Crippen molar-refractivity contribution in [1.82, 2.24) is 14.9 Å². The van der Waals surface area contributed by atoms with Crippen molar-refractivity contribution in [2.45, 2.75) is 17.5 Å². The van der Waals surface area contributed by atoms with Gasteiger partial charge in [-0.25, -0.2) is 4.68 Å². The second-order valence-electron chi connectivity index (χ2n) is 6.21. The Kier molecular flexibility index (Phi) is 4.46. The average molecular weight is 367 g/mol. The molecule has 3 aromatic rings. The van der Waals surface area contributed by atoms with Crippen LogP contribution in [0.5, 0.6) is 5.75 Å². The van der Waals surface area contributed by atoms with Crippen molar-refractivity contribution in [2.24, 2.45) is 0 Å². The molecule has 7 heteroatoms. The molecule has 0 spiro atoms. The molecule has 0 bridgehead atoms. The minimum Gasteiger partial charge on any atom is -0.494 e. The molecule has 4 rings (SSSR count). The zero-order chi connectivity index (χ0) is 18.1. The summed E-state index contributed by atoms with van der Waals surface area (Å²) in [5, 5.41) is 9.65. The van der Waals surface area contributed by atoms with E-state index in [2.05, 4.69) is 44.8 Å². The molecular formula is C19H21N5OS. The second kappa shape index (κ2) is 6.92. The average Bonchev–Trinajstić information content (AvgIpc) is 3.23. The summed E-state index contributed by atoms with van der Waals surface area (Å²) in [7, 11) is 4.09. The Bertz CT molecular complexity index is 889. The number of rotatable bonds is 5. The first kappa shape index (κ1) is 16.8. The maximum Gasteiger partial charge on any atom is 0.212 e. The summed E-state index contributed by atoms with van der Waals surface area (Å²) in [6.45, 7) is 2.64. The Balaban J connectivity index is 1.55. The van der Waals surface area contributed by atoms with Gasteiger partial charge < -0.3 is 15.1 Å². The van der Waals surface area contributed by atoms with Gasteiger partial charge in [-0.2, -0.15) is 0 Å². The van der Waals surface area contributed by atoms with E-state index >= 15 is 0 Å². The molecule has 26 heavy (non-hydrogen) atoms. The van der Waals surface area contributed by atoms with Crippen molar-refractivity contribution in [1.29, 1.82) is 0 Å². The number of nitrogens with one attached hydrogen (secondary N) is 1. The van der Waals surface area contributed by atoms with Gasteiger partial charge in [0, 0.05) is 25.3 Å². The van der Waals surface area contributed by atoms with Crippen LogP contribution in [0.1, 0.15) is 17.9 Å². The minimum absolute atomic E-state index is 0.123. The number of hydrogen-bond acceptors (Lipinski definition) is 6. The maximum atomic E-state index is 5.51. The van der Waals surface area contributed by atoms with Crippen molar-refractivity contribution in [3.05, 3.63) is 54.1 Å². The molecule has 134 valence electrons. The molecule has 1 aliphatic rings. The second-order valence-corrected chi connectivity index (χ2v) is 7.28. The van der Waals surface area contributed by atoms with Crippen LogP contribution in [-0.4, -0.2) is 35.6 Å². The molecule has 0 saturated heterocycles. The van der Waals surface area contributed by atoms with Crippen molar-refractivity contribution < 1.29 is 4.74 Å². The standard InChI is InChI=1S/C19H21N5OS/c1-4-25-16-11-7-13(8-12-16)17-20-21-19-24(17)22-18(26-19)14-5-9-15(10-6-14)23(2)3/h5-12,18,22H,4H2,1-3H3/t18-/m0/s1. The summed E-state index contributed by atoms with van der Waals surface area (Å²) in [5.74, 6) is 1.67. The normalized spacial score (nSPS) is 15.4. The lowest BCUT2D eigenvalue weighted by Crippen LogP contribution is -2.14. The lowest BCUT2D eigenvalue weighted by Gasteiger charge is -2.15. The maximum absolute atomic E-state index is 5.51. The summed E-state index contributed by atoms with van der Waals surface area (Å²) in [4.78, 5) is 2.10. The number of fused-ring (bicyclic) bond motifs is 1. The fourth-order valence-corrected chi connectivity index (χ4v) is 3.85. The summed E-state index contributed by atoms with van der Waals surface area (Å²) in [5.41, 5.74) is 6.90. The van der Waals surface area contributed by atoms with E-state index in [1.54, 1.807) is 11.8 Å². The zero-order valence-corrected chi connectivity index (χ0v) is 15.8. The molecule has 1 atom stereocenters. The van der Waals surface area contributed by atoms with Crippen LogP contribution in [0, 0.1) is 0 Å². The quantitative estimate of drug-likeness (QED) is 0.741. The van der Waals surface area contributed by atoms with Gasteiger partial charge in [0.1, 0.15) is 11.1 Å². The number of ether oxygens (including phenoxy) is 1.